The number of carbonyl (C=O) groups excluding carboxylic acids is 2. The third-order valence-electron chi connectivity index (χ3n) is 2.34. The summed E-state index contributed by atoms with van der Waals surface area (Å²) in [5.41, 5.74) is 6.10. The van der Waals surface area contributed by atoms with Crippen LogP contribution in [0.1, 0.15) is 22.2 Å². The molecular weight excluding hydrogens is 240 g/mol. The Labute approximate surface area is 102 Å². The summed E-state index contributed by atoms with van der Waals surface area (Å²) in [5.74, 6) is 0.000277. The van der Waals surface area contributed by atoms with E-state index in [2.05, 4.69) is 10.2 Å². The van der Waals surface area contributed by atoms with Gasteiger partial charge < -0.3 is 5.73 Å². The highest BCUT2D eigenvalue weighted by Crippen LogP contribution is 2.22. The summed E-state index contributed by atoms with van der Waals surface area (Å²) in [5, 5.41) is 9.71. The molecule has 0 aromatic carbocycles. The number of ketones is 1. The number of nitrogens with two attached hydrogens (primary N) is 1. The number of amides is 2. The van der Waals surface area contributed by atoms with Crippen molar-refractivity contribution in [2.75, 3.05) is 0 Å². The van der Waals surface area contributed by atoms with E-state index in [1.54, 1.807) is 6.07 Å². The lowest BCUT2D eigenvalue weighted by Gasteiger charge is -2.16. The Morgan fingerprint density at radius 1 is 1.41 bits per heavy atom. The average molecular weight is 251 g/mol. The second-order valence-electron chi connectivity index (χ2n) is 3.63. The molecule has 2 N–H and O–H groups in total. The highest BCUT2D eigenvalue weighted by Gasteiger charge is 2.38. The summed E-state index contributed by atoms with van der Waals surface area (Å²) < 4.78 is -0.520. The number of carbonyl (C=O) groups is 2. The second-order valence-corrected chi connectivity index (χ2v) is 4.54. The molecule has 2 heterocycles. The van der Waals surface area contributed by atoms with E-state index in [1.807, 2.05) is 5.38 Å². The molecule has 1 aromatic rings. The van der Waals surface area contributed by atoms with Gasteiger partial charge in [0.25, 0.3) is 0 Å². The molecule has 0 radical (unpaired) electrons. The van der Waals surface area contributed by atoms with Crippen molar-refractivity contribution in [2.24, 2.45) is 15.9 Å². The van der Waals surface area contributed by atoms with Gasteiger partial charge in [0, 0.05) is 15.6 Å². The fraction of sp³-hybridized carbons (Fsp3) is 0.200. The van der Waals surface area contributed by atoms with Crippen LogP contribution in [0.4, 0.5) is 4.79 Å². The molecule has 17 heavy (non-hydrogen) atoms. The van der Waals surface area contributed by atoms with Crippen molar-refractivity contribution in [1.29, 1.82) is 0 Å². The molecule has 0 unspecified atom stereocenters. The van der Waals surface area contributed by atoms with Crippen LogP contribution in [0.15, 0.2) is 21.6 Å². The first-order valence-electron chi connectivity index (χ1n) is 4.90. The number of thiophene rings is 1. The molecule has 88 valence electrons. The van der Waals surface area contributed by atoms with Crippen LogP contribution in [0.25, 0.3) is 0 Å². The standard InChI is InChI=1S/C10H10N4O2S/c1-7(15)9-4-8(6-17-9)5-14(10(11)16)12-2-3-13-14/h2-4,6H,5H2,1H3,(H-,11,16)/p+1. The van der Waals surface area contributed by atoms with Crippen LogP contribution < -0.4 is 5.73 Å². The summed E-state index contributed by atoms with van der Waals surface area (Å²) in [4.78, 5) is 23.2. The predicted molar refractivity (Wildman–Crippen MR) is 64.9 cm³/mol. The van der Waals surface area contributed by atoms with Crippen LogP contribution in [0, 0.1) is 0 Å². The Hall–Kier alpha value is -1.86. The topological polar surface area (TPSA) is 84.9 Å². The zero-order valence-electron chi connectivity index (χ0n) is 9.16. The normalized spacial score (nSPS) is 16.3. The number of quaternary nitrogens is 1. The maximum absolute atomic E-state index is 11.4. The van der Waals surface area contributed by atoms with E-state index in [0.29, 0.717) is 4.88 Å². The Bertz CT molecular complexity index is 520. The molecule has 0 saturated carbocycles. The number of hydrogen-bond acceptors (Lipinski definition) is 5. The third-order valence-corrected chi connectivity index (χ3v) is 3.42. The van der Waals surface area contributed by atoms with Crippen LogP contribution in [-0.2, 0) is 6.54 Å². The number of Topliss-reactive ketones (excluding diaryl/α,β-unsaturated/α-hetero) is 1. The van der Waals surface area contributed by atoms with Crippen LogP contribution in [0.5, 0.6) is 0 Å². The largest absolute Gasteiger partial charge is 0.468 e. The molecule has 7 heteroatoms. The molecule has 0 atom stereocenters. The van der Waals surface area contributed by atoms with E-state index in [9.17, 15) is 9.59 Å². The molecule has 6 nitrogen and oxygen atoms in total. The third kappa shape index (κ3) is 2.15. The van der Waals surface area contributed by atoms with Gasteiger partial charge in [0.1, 0.15) is 12.4 Å². The lowest BCUT2D eigenvalue weighted by atomic mass is 10.2. The van der Waals surface area contributed by atoms with Crippen LogP contribution in [-0.4, -0.2) is 28.9 Å². The molecule has 1 aromatic heterocycles. The Morgan fingerprint density at radius 3 is 2.53 bits per heavy atom. The molecular formula is C10H11N4O2S+. The van der Waals surface area contributed by atoms with Gasteiger partial charge in [-0.1, -0.05) is 0 Å². The summed E-state index contributed by atoms with van der Waals surface area (Å²) in [6.07, 6.45) is 2.87. The van der Waals surface area contributed by atoms with Crippen molar-refractivity contribution in [3.63, 3.8) is 0 Å². The Kier molecular flexibility index (Phi) is 2.86. The Morgan fingerprint density at radius 2 is 2.06 bits per heavy atom. The SMILES string of the molecule is CC(=O)c1cc(C[N+]2(C(N)=O)N=CC=N2)cs1. The number of rotatable bonds is 3. The number of primary amides is 1. The van der Waals surface area contributed by atoms with Gasteiger partial charge >= 0.3 is 6.03 Å². The molecule has 1 aliphatic heterocycles. The first-order chi connectivity index (χ1) is 8.03. The van der Waals surface area contributed by atoms with Crippen molar-refractivity contribution in [3.8, 4) is 0 Å². The Balaban J connectivity index is 2.24. The van der Waals surface area contributed by atoms with E-state index in [0.717, 1.165) is 5.56 Å². The van der Waals surface area contributed by atoms with Gasteiger partial charge in [-0.05, 0) is 23.2 Å². The minimum absolute atomic E-state index is 0.000277. The lowest BCUT2D eigenvalue weighted by Crippen LogP contribution is -2.44. The maximum atomic E-state index is 11.4. The molecule has 2 rings (SSSR count). The van der Waals surface area contributed by atoms with Crippen molar-refractivity contribution < 1.29 is 14.3 Å². The smallest absolute Gasteiger partial charge is 0.315 e. The number of urea groups is 1. The summed E-state index contributed by atoms with van der Waals surface area (Å²) in [6.45, 7) is 1.73. The van der Waals surface area contributed by atoms with E-state index >= 15 is 0 Å². The zero-order valence-corrected chi connectivity index (χ0v) is 9.98. The zero-order chi connectivity index (χ0) is 12.5. The number of hydrogen-bond donors (Lipinski definition) is 1. The monoisotopic (exact) mass is 251 g/mol. The van der Waals surface area contributed by atoms with Gasteiger partial charge in [-0.2, -0.15) is 0 Å². The molecule has 2 amide bonds. The van der Waals surface area contributed by atoms with Crippen molar-refractivity contribution in [1.82, 2.24) is 0 Å². The van der Waals surface area contributed by atoms with Crippen LogP contribution in [0.2, 0.25) is 0 Å². The van der Waals surface area contributed by atoms with Crippen molar-refractivity contribution >= 4 is 35.6 Å². The second kappa shape index (κ2) is 4.19. The fourth-order valence-corrected chi connectivity index (χ4v) is 2.29. The minimum atomic E-state index is -0.648. The van der Waals surface area contributed by atoms with Gasteiger partial charge in [-0.15, -0.1) is 11.3 Å². The predicted octanol–water partition coefficient (Wildman–Crippen LogP) is 1.33. The average Bonchev–Trinajstić information content (AvgIpc) is 2.88. The van der Waals surface area contributed by atoms with Crippen LogP contribution in [0.3, 0.4) is 0 Å². The van der Waals surface area contributed by atoms with Crippen LogP contribution >= 0.6 is 11.3 Å². The lowest BCUT2D eigenvalue weighted by molar-refractivity contribution is -0.873. The molecule has 1 aliphatic rings. The minimum Gasteiger partial charge on any atom is -0.315 e. The van der Waals surface area contributed by atoms with E-state index in [-0.39, 0.29) is 12.3 Å². The highest BCUT2D eigenvalue weighted by molar-refractivity contribution is 7.12. The first kappa shape index (κ1) is 11.6. The van der Waals surface area contributed by atoms with E-state index in [1.165, 1.54) is 30.7 Å². The van der Waals surface area contributed by atoms with E-state index in [4.69, 9.17) is 5.73 Å². The molecule has 0 saturated heterocycles. The summed E-state index contributed by atoms with van der Waals surface area (Å²) in [7, 11) is 0. The molecule has 0 fully saturated rings. The molecule has 0 aliphatic carbocycles. The van der Waals surface area contributed by atoms with Crippen molar-refractivity contribution in [3.05, 3.63) is 21.9 Å². The quantitative estimate of drug-likeness (QED) is 0.649. The summed E-state index contributed by atoms with van der Waals surface area (Å²) >= 11 is 1.34. The van der Waals surface area contributed by atoms with Gasteiger partial charge in [0.05, 0.1) is 4.88 Å². The van der Waals surface area contributed by atoms with Crippen molar-refractivity contribution in [2.45, 2.75) is 13.5 Å². The van der Waals surface area contributed by atoms with Gasteiger partial charge in [-0.25, -0.2) is 4.79 Å². The van der Waals surface area contributed by atoms with Gasteiger partial charge in [0.2, 0.25) is 0 Å². The summed E-state index contributed by atoms with van der Waals surface area (Å²) in [6, 6.07) is 1.09. The highest BCUT2D eigenvalue weighted by atomic mass is 32.1. The van der Waals surface area contributed by atoms with Gasteiger partial charge in [-0.3, -0.25) is 4.79 Å². The van der Waals surface area contributed by atoms with Gasteiger partial charge in [0.15, 0.2) is 12.3 Å². The number of nitrogens with zero attached hydrogens (tertiary/aromatic N) is 3. The van der Waals surface area contributed by atoms with E-state index < -0.39 is 10.7 Å². The maximum Gasteiger partial charge on any atom is 0.468 e. The first-order valence-corrected chi connectivity index (χ1v) is 5.78. The molecule has 0 spiro atoms. The fourth-order valence-electron chi connectivity index (χ4n) is 1.48. The molecule has 0 bridgehead atoms.